The fourth-order valence-electron chi connectivity index (χ4n) is 1.12. The van der Waals surface area contributed by atoms with Crippen LogP contribution in [0.2, 0.25) is 0 Å². The van der Waals surface area contributed by atoms with Crippen molar-refractivity contribution >= 4 is 5.97 Å². The summed E-state index contributed by atoms with van der Waals surface area (Å²) in [5.74, 6) is -0.186. The van der Waals surface area contributed by atoms with Crippen molar-refractivity contribution in [1.29, 1.82) is 0 Å². The van der Waals surface area contributed by atoms with Gasteiger partial charge in [0.1, 0.15) is 6.61 Å². The molecule has 0 unspecified atom stereocenters. The number of unbranched alkanes of at least 4 members (excludes halogenated alkanes) is 3. The molecule has 0 heterocycles. The van der Waals surface area contributed by atoms with Gasteiger partial charge in [0.25, 0.3) is 0 Å². The highest BCUT2D eigenvalue weighted by Crippen LogP contribution is 1.99. The van der Waals surface area contributed by atoms with Crippen LogP contribution < -0.4 is 0 Å². The number of rotatable bonds is 8. The molecular formula is C14H24O2. The van der Waals surface area contributed by atoms with Gasteiger partial charge in [-0.1, -0.05) is 51.8 Å². The van der Waals surface area contributed by atoms with Gasteiger partial charge in [0.15, 0.2) is 0 Å². The summed E-state index contributed by atoms with van der Waals surface area (Å²) in [4.78, 5) is 11.1. The summed E-state index contributed by atoms with van der Waals surface area (Å²) in [5.41, 5.74) is 0. The van der Waals surface area contributed by atoms with Crippen LogP contribution in [0, 0.1) is 5.92 Å². The standard InChI is InChI=1S/C14H24O2/c1-4-5-6-7-8-9-10-11-12-16-14(15)13(2)3/h8-11,13H,4-7,12H2,1-3H3. The molecule has 0 rings (SSSR count). The summed E-state index contributed by atoms with van der Waals surface area (Å²) in [6.07, 6.45) is 12.9. The van der Waals surface area contributed by atoms with Crippen LogP contribution in [-0.2, 0) is 9.53 Å². The smallest absolute Gasteiger partial charge is 0.308 e. The van der Waals surface area contributed by atoms with Gasteiger partial charge in [-0.3, -0.25) is 4.79 Å². The van der Waals surface area contributed by atoms with Gasteiger partial charge < -0.3 is 4.74 Å². The molecule has 0 atom stereocenters. The molecule has 16 heavy (non-hydrogen) atoms. The molecule has 2 heteroatoms. The average Bonchev–Trinajstić information content (AvgIpc) is 2.26. The third-order valence-electron chi connectivity index (χ3n) is 2.15. The highest BCUT2D eigenvalue weighted by molar-refractivity contribution is 5.71. The monoisotopic (exact) mass is 224 g/mol. The maximum atomic E-state index is 11.1. The summed E-state index contributed by atoms with van der Waals surface area (Å²) in [6, 6.07) is 0. The van der Waals surface area contributed by atoms with Crippen molar-refractivity contribution in [3.63, 3.8) is 0 Å². The number of hydrogen-bond acceptors (Lipinski definition) is 2. The van der Waals surface area contributed by atoms with Crippen LogP contribution in [0.4, 0.5) is 0 Å². The van der Waals surface area contributed by atoms with E-state index >= 15 is 0 Å². The van der Waals surface area contributed by atoms with E-state index in [4.69, 9.17) is 4.74 Å². The predicted molar refractivity (Wildman–Crippen MR) is 68.2 cm³/mol. The predicted octanol–water partition coefficient (Wildman–Crippen LogP) is 3.88. The van der Waals surface area contributed by atoms with Crippen molar-refractivity contribution in [3.8, 4) is 0 Å². The highest BCUT2D eigenvalue weighted by atomic mass is 16.5. The second-order valence-corrected chi connectivity index (χ2v) is 4.14. The fraction of sp³-hybridized carbons (Fsp3) is 0.643. The minimum absolute atomic E-state index is 0.0435. The number of carbonyl (C=O) groups excluding carboxylic acids is 1. The van der Waals surface area contributed by atoms with E-state index in [1.54, 1.807) is 0 Å². The van der Waals surface area contributed by atoms with E-state index < -0.39 is 0 Å². The van der Waals surface area contributed by atoms with Crippen LogP contribution in [0.1, 0.15) is 46.5 Å². The van der Waals surface area contributed by atoms with E-state index in [1.807, 2.05) is 32.1 Å². The molecule has 0 spiro atoms. The first kappa shape index (κ1) is 14.9. The van der Waals surface area contributed by atoms with E-state index in [-0.39, 0.29) is 11.9 Å². The molecule has 0 aromatic heterocycles. The number of esters is 1. The summed E-state index contributed by atoms with van der Waals surface area (Å²) in [6.45, 7) is 6.24. The third kappa shape index (κ3) is 9.50. The van der Waals surface area contributed by atoms with E-state index in [2.05, 4.69) is 13.0 Å². The van der Waals surface area contributed by atoms with Gasteiger partial charge in [0.2, 0.25) is 0 Å². The maximum Gasteiger partial charge on any atom is 0.308 e. The zero-order valence-corrected chi connectivity index (χ0v) is 10.7. The fourth-order valence-corrected chi connectivity index (χ4v) is 1.12. The van der Waals surface area contributed by atoms with E-state index in [1.165, 1.54) is 19.3 Å². The Morgan fingerprint density at radius 3 is 2.50 bits per heavy atom. The van der Waals surface area contributed by atoms with Crippen LogP contribution in [0.3, 0.4) is 0 Å². The van der Waals surface area contributed by atoms with Gasteiger partial charge in [0.05, 0.1) is 5.92 Å². The van der Waals surface area contributed by atoms with Gasteiger partial charge in [-0.05, 0) is 18.9 Å². The van der Waals surface area contributed by atoms with E-state index in [0.29, 0.717) is 6.61 Å². The zero-order valence-electron chi connectivity index (χ0n) is 10.7. The molecule has 0 radical (unpaired) electrons. The zero-order chi connectivity index (χ0) is 12.2. The Balaban J connectivity index is 3.44. The molecule has 0 fully saturated rings. The topological polar surface area (TPSA) is 26.3 Å². The largest absolute Gasteiger partial charge is 0.461 e. The first-order valence-electron chi connectivity index (χ1n) is 6.16. The van der Waals surface area contributed by atoms with Gasteiger partial charge in [-0.2, -0.15) is 0 Å². The van der Waals surface area contributed by atoms with Crippen molar-refractivity contribution in [2.24, 2.45) is 5.92 Å². The van der Waals surface area contributed by atoms with Crippen molar-refractivity contribution in [1.82, 2.24) is 0 Å². The Morgan fingerprint density at radius 1 is 1.19 bits per heavy atom. The van der Waals surface area contributed by atoms with Crippen LogP contribution in [-0.4, -0.2) is 12.6 Å². The van der Waals surface area contributed by atoms with Crippen molar-refractivity contribution in [2.45, 2.75) is 46.5 Å². The average molecular weight is 224 g/mol. The molecule has 0 bridgehead atoms. The Bertz CT molecular complexity index is 227. The third-order valence-corrected chi connectivity index (χ3v) is 2.15. The van der Waals surface area contributed by atoms with Crippen molar-refractivity contribution in [2.75, 3.05) is 6.61 Å². The molecule has 2 nitrogen and oxygen atoms in total. The molecule has 0 aromatic carbocycles. The molecule has 0 aliphatic rings. The van der Waals surface area contributed by atoms with E-state index in [9.17, 15) is 4.79 Å². The molecule has 0 N–H and O–H groups in total. The Morgan fingerprint density at radius 2 is 1.88 bits per heavy atom. The van der Waals surface area contributed by atoms with Gasteiger partial charge in [-0.15, -0.1) is 0 Å². The molecule has 0 aromatic rings. The highest BCUT2D eigenvalue weighted by Gasteiger charge is 2.05. The molecule has 0 amide bonds. The number of hydrogen-bond donors (Lipinski definition) is 0. The lowest BCUT2D eigenvalue weighted by atomic mass is 10.2. The number of allylic oxidation sites excluding steroid dienone is 3. The normalized spacial score (nSPS) is 11.8. The Labute approximate surface area is 99.4 Å². The van der Waals surface area contributed by atoms with Gasteiger partial charge in [0, 0.05) is 0 Å². The number of ether oxygens (including phenoxy) is 1. The summed E-state index contributed by atoms with van der Waals surface area (Å²) in [7, 11) is 0. The van der Waals surface area contributed by atoms with E-state index in [0.717, 1.165) is 6.42 Å². The minimum atomic E-state index is -0.142. The van der Waals surface area contributed by atoms with Crippen LogP contribution in [0.25, 0.3) is 0 Å². The molecule has 0 aliphatic carbocycles. The SMILES string of the molecule is CCCCCC=CC=CCOC(=O)C(C)C. The lowest BCUT2D eigenvalue weighted by Crippen LogP contribution is -2.11. The van der Waals surface area contributed by atoms with Crippen LogP contribution in [0.5, 0.6) is 0 Å². The lowest BCUT2D eigenvalue weighted by molar-refractivity contribution is -0.146. The summed E-state index contributed by atoms with van der Waals surface area (Å²) in [5, 5.41) is 0. The second-order valence-electron chi connectivity index (χ2n) is 4.14. The quantitative estimate of drug-likeness (QED) is 0.355. The first-order chi connectivity index (χ1) is 7.68. The molecule has 92 valence electrons. The summed E-state index contributed by atoms with van der Waals surface area (Å²) < 4.78 is 4.99. The van der Waals surface area contributed by atoms with Gasteiger partial charge >= 0.3 is 5.97 Å². The van der Waals surface area contributed by atoms with Crippen LogP contribution in [0.15, 0.2) is 24.3 Å². The summed E-state index contributed by atoms with van der Waals surface area (Å²) >= 11 is 0. The number of carbonyl (C=O) groups is 1. The molecule has 0 saturated heterocycles. The van der Waals surface area contributed by atoms with Crippen molar-refractivity contribution in [3.05, 3.63) is 24.3 Å². The Kier molecular flexibility index (Phi) is 9.78. The van der Waals surface area contributed by atoms with Crippen LogP contribution >= 0.6 is 0 Å². The molecule has 0 aliphatic heterocycles. The first-order valence-corrected chi connectivity index (χ1v) is 6.16. The Hall–Kier alpha value is -1.05. The minimum Gasteiger partial charge on any atom is -0.461 e. The molecular weight excluding hydrogens is 200 g/mol. The second kappa shape index (κ2) is 10.5. The maximum absolute atomic E-state index is 11.1. The van der Waals surface area contributed by atoms with Crippen molar-refractivity contribution < 1.29 is 9.53 Å². The lowest BCUT2D eigenvalue weighted by Gasteiger charge is -2.02. The molecule has 0 saturated carbocycles. The van der Waals surface area contributed by atoms with Gasteiger partial charge in [-0.25, -0.2) is 0 Å².